The molecule has 1 aliphatic rings. The van der Waals surface area contributed by atoms with Crippen LogP contribution in [-0.4, -0.2) is 50.4 Å². The number of aryl methyl sites for hydroxylation is 1. The highest BCUT2D eigenvalue weighted by atomic mass is 16.1. The van der Waals surface area contributed by atoms with Gasteiger partial charge < -0.3 is 11.1 Å². The number of aromatic nitrogens is 4. The number of hydrogen-bond acceptors (Lipinski definition) is 7. The van der Waals surface area contributed by atoms with Crippen molar-refractivity contribution in [3.8, 4) is 0 Å². The van der Waals surface area contributed by atoms with Crippen molar-refractivity contribution in [3.63, 3.8) is 0 Å². The molecule has 1 saturated heterocycles. The molecule has 0 unspecified atom stereocenters. The maximum atomic E-state index is 11.1. The number of nitrogens with two attached hydrogens (primary N) is 1. The summed E-state index contributed by atoms with van der Waals surface area (Å²) < 4.78 is 0. The smallest absolute Gasteiger partial charge is 0.231 e. The van der Waals surface area contributed by atoms with Gasteiger partial charge in [-0.1, -0.05) is 0 Å². The van der Waals surface area contributed by atoms with Gasteiger partial charge in [0.15, 0.2) is 0 Å². The Balaban J connectivity index is 1.76. The fourth-order valence-electron chi connectivity index (χ4n) is 2.96. The minimum absolute atomic E-state index is 0.195. The highest BCUT2D eigenvalue weighted by Gasteiger charge is 2.24. The van der Waals surface area contributed by atoms with Gasteiger partial charge in [-0.05, 0) is 26.3 Å². The Morgan fingerprint density at radius 2 is 2.25 bits per heavy atom. The second kappa shape index (κ2) is 7.31. The number of rotatable bonds is 5. The van der Waals surface area contributed by atoms with E-state index in [1.807, 2.05) is 13.0 Å². The van der Waals surface area contributed by atoms with Gasteiger partial charge in [-0.15, -0.1) is 0 Å². The lowest BCUT2D eigenvalue weighted by molar-refractivity contribution is -0.119. The molecule has 3 heterocycles. The largest absolute Gasteiger partial charge is 0.369 e. The van der Waals surface area contributed by atoms with E-state index in [9.17, 15) is 4.79 Å². The van der Waals surface area contributed by atoms with Crippen LogP contribution < -0.4 is 11.1 Å². The number of nitrogens with one attached hydrogen (secondary N) is 1. The maximum absolute atomic E-state index is 11.1. The van der Waals surface area contributed by atoms with Gasteiger partial charge in [0.1, 0.15) is 17.5 Å². The lowest BCUT2D eigenvalue weighted by Crippen LogP contribution is -2.40. The summed E-state index contributed by atoms with van der Waals surface area (Å²) in [6.07, 6.45) is 6.90. The Hall–Kier alpha value is -2.61. The molecule has 2 aromatic rings. The van der Waals surface area contributed by atoms with Crippen LogP contribution in [0.4, 0.5) is 11.6 Å². The van der Waals surface area contributed by atoms with E-state index in [1.165, 1.54) is 0 Å². The molecule has 1 fully saturated rings. The third-order valence-corrected chi connectivity index (χ3v) is 3.94. The Labute approximate surface area is 140 Å². The van der Waals surface area contributed by atoms with Crippen LogP contribution in [0.15, 0.2) is 24.7 Å². The van der Waals surface area contributed by atoms with Crippen molar-refractivity contribution in [2.45, 2.75) is 25.7 Å². The number of carbonyl (C=O) groups is 1. The number of carbonyl (C=O) groups excluding carboxylic acids is 1. The first-order valence-corrected chi connectivity index (χ1v) is 7.99. The molecule has 3 N–H and O–H groups in total. The van der Waals surface area contributed by atoms with E-state index in [2.05, 4.69) is 30.2 Å². The van der Waals surface area contributed by atoms with Crippen LogP contribution in [0.1, 0.15) is 30.3 Å². The maximum Gasteiger partial charge on any atom is 0.231 e. The molecule has 0 aliphatic carbocycles. The summed E-state index contributed by atoms with van der Waals surface area (Å²) >= 11 is 0. The number of primary amides is 1. The summed E-state index contributed by atoms with van der Waals surface area (Å²) in [5.74, 6) is 2.02. The van der Waals surface area contributed by atoms with Crippen LogP contribution in [0.3, 0.4) is 0 Å². The number of nitrogens with zero attached hydrogens (tertiary/aromatic N) is 5. The Kier molecular flexibility index (Phi) is 4.95. The highest BCUT2D eigenvalue weighted by molar-refractivity contribution is 5.75. The fraction of sp³-hybridized carbons (Fsp3) is 0.438. The Bertz CT molecular complexity index is 707. The average molecular weight is 327 g/mol. The minimum atomic E-state index is -0.300. The van der Waals surface area contributed by atoms with Crippen molar-refractivity contribution in [3.05, 3.63) is 36.2 Å². The molecule has 3 rings (SSSR count). The second-order valence-corrected chi connectivity index (χ2v) is 6.01. The molecular weight excluding hydrogens is 306 g/mol. The van der Waals surface area contributed by atoms with Gasteiger partial charge in [0.2, 0.25) is 5.91 Å². The molecule has 8 nitrogen and oxygen atoms in total. The van der Waals surface area contributed by atoms with Crippen LogP contribution >= 0.6 is 0 Å². The third-order valence-electron chi connectivity index (χ3n) is 3.94. The lowest BCUT2D eigenvalue weighted by atomic mass is 9.97. The average Bonchev–Trinajstić information content (AvgIpc) is 2.55. The van der Waals surface area contributed by atoms with Gasteiger partial charge in [-0.2, -0.15) is 0 Å². The topological polar surface area (TPSA) is 110 Å². The first kappa shape index (κ1) is 16.3. The minimum Gasteiger partial charge on any atom is -0.369 e. The van der Waals surface area contributed by atoms with E-state index in [0.717, 1.165) is 37.4 Å². The van der Waals surface area contributed by atoms with E-state index in [-0.39, 0.29) is 18.4 Å². The zero-order chi connectivity index (χ0) is 16.9. The first-order chi connectivity index (χ1) is 11.6. The number of amides is 1. The summed E-state index contributed by atoms with van der Waals surface area (Å²) in [5.41, 5.74) is 6.19. The molecule has 0 spiro atoms. The van der Waals surface area contributed by atoms with Crippen molar-refractivity contribution in [2.75, 3.05) is 25.0 Å². The molecule has 8 heteroatoms. The van der Waals surface area contributed by atoms with Crippen molar-refractivity contribution >= 4 is 17.5 Å². The van der Waals surface area contributed by atoms with E-state index in [4.69, 9.17) is 5.73 Å². The summed E-state index contributed by atoms with van der Waals surface area (Å²) in [4.78, 5) is 30.7. The van der Waals surface area contributed by atoms with Gasteiger partial charge in [-0.3, -0.25) is 14.7 Å². The number of hydrogen-bond donors (Lipinski definition) is 2. The predicted molar refractivity (Wildman–Crippen MR) is 89.7 cm³/mol. The van der Waals surface area contributed by atoms with Gasteiger partial charge in [0, 0.05) is 36.6 Å². The quantitative estimate of drug-likeness (QED) is 0.842. The number of likely N-dealkylation sites (tertiary alicyclic amines) is 1. The lowest BCUT2D eigenvalue weighted by Gasteiger charge is -2.31. The van der Waals surface area contributed by atoms with E-state index < -0.39 is 0 Å². The van der Waals surface area contributed by atoms with Crippen molar-refractivity contribution < 1.29 is 4.79 Å². The fourth-order valence-corrected chi connectivity index (χ4v) is 2.96. The molecular formula is C16H21N7O. The molecule has 1 aliphatic heterocycles. The van der Waals surface area contributed by atoms with Gasteiger partial charge >= 0.3 is 0 Å². The summed E-state index contributed by atoms with van der Waals surface area (Å²) in [6.45, 7) is 3.86. The summed E-state index contributed by atoms with van der Waals surface area (Å²) in [6, 6.07) is 1.88. The zero-order valence-corrected chi connectivity index (χ0v) is 13.6. The molecule has 126 valence electrons. The van der Waals surface area contributed by atoms with Gasteiger partial charge in [0.25, 0.3) is 0 Å². The van der Waals surface area contributed by atoms with E-state index in [0.29, 0.717) is 11.6 Å². The SMILES string of the molecule is Cc1cc(Nc2cnccn2)nc([C@@H]2CCCN(CC(N)=O)C2)n1. The second-order valence-electron chi connectivity index (χ2n) is 6.01. The van der Waals surface area contributed by atoms with Crippen molar-refractivity contribution in [1.82, 2.24) is 24.8 Å². The molecule has 24 heavy (non-hydrogen) atoms. The molecule has 1 amide bonds. The Morgan fingerprint density at radius 1 is 1.38 bits per heavy atom. The molecule has 0 radical (unpaired) electrons. The Morgan fingerprint density at radius 3 is 3.00 bits per heavy atom. The monoisotopic (exact) mass is 327 g/mol. The van der Waals surface area contributed by atoms with Crippen LogP contribution in [0.2, 0.25) is 0 Å². The van der Waals surface area contributed by atoms with Crippen LogP contribution in [0.5, 0.6) is 0 Å². The van der Waals surface area contributed by atoms with Crippen molar-refractivity contribution in [1.29, 1.82) is 0 Å². The molecule has 0 bridgehead atoms. The predicted octanol–water partition coefficient (Wildman–Crippen LogP) is 0.983. The first-order valence-electron chi connectivity index (χ1n) is 7.99. The number of anilines is 2. The molecule has 1 atom stereocenters. The van der Waals surface area contributed by atoms with Crippen LogP contribution in [0.25, 0.3) is 0 Å². The van der Waals surface area contributed by atoms with Crippen LogP contribution in [0, 0.1) is 6.92 Å². The normalized spacial score (nSPS) is 18.3. The van der Waals surface area contributed by atoms with E-state index >= 15 is 0 Å². The summed E-state index contributed by atoms with van der Waals surface area (Å²) in [7, 11) is 0. The van der Waals surface area contributed by atoms with Crippen LogP contribution in [-0.2, 0) is 4.79 Å². The van der Waals surface area contributed by atoms with Crippen molar-refractivity contribution in [2.24, 2.45) is 5.73 Å². The van der Waals surface area contributed by atoms with E-state index in [1.54, 1.807) is 18.6 Å². The van der Waals surface area contributed by atoms with Gasteiger partial charge in [0.05, 0.1) is 12.7 Å². The molecule has 0 saturated carbocycles. The molecule has 0 aromatic carbocycles. The summed E-state index contributed by atoms with van der Waals surface area (Å²) in [5, 5.41) is 3.16. The number of piperidine rings is 1. The highest BCUT2D eigenvalue weighted by Crippen LogP contribution is 2.26. The molecule has 2 aromatic heterocycles. The zero-order valence-electron chi connectivity index (χ0n) is 13.6. The van der Waals surface area contributed by atoms with Gasteiger partial charge in [-0.25, -0.2) is 15.0 Å². The third kappa shape index (κ3) is 4.23. The standard InChI is InChI=1S/C16H21N7O/c1-11-7-14(21-15-8-18-4-5-19-15)22-16(20-11)12-3-2-6-23(9-12)10-13(17)24/h4-5,7-8,12H,2-3,6,9-10H2,1H3,(H2,17,24)(H,19,20,21,22)/t12-/m1/s1.